The summed E-state index contributed by atoms with van der Waals surface area (Å²) in [7, 11) is 0. The van der Waals surface area contributed by atoms with Crippen LogP contribution >= 0.6 is 27.5 Å². The second kappa shape index (κ2) is 10.6. The molecule has 0 fully saturated rings. The third-order valence-corrected chi connectivity index (χ3v) is 5.24. The molecule has 0 radical (unpaired) electrons. The van der Waals surface area contributed by atoms with Gasteiger partial charge in [-0.05, 0) is 63.5 Å². The lowest BCUT2D eigenvalue weighted by atomic mass is 10.1. The van der Waals surface area contributed by atoms with Gasteiger partial charge in [0, 0.05) is 5.69 Å². The maximum atomic E-state index is 12.9. The number of carbonyl (C=O) groups is 1. The zero-order chi connectivity index (χ0) is 24.0. The van der Waals surface area contributed by atoms with Crippen LogP contribution in [0.3, 0.4) is 0 Å². The fourth-order valence-corrected chi connectivity index (χ4v) is 3.81. The third kappa shape index (κ3) is 6.60. The van der Waals surface area contributed by atoms with Crippen molar-refractivity contribution in [2.75, 3.05) is 5.32 Å². The zero-order valence-electron chi connectivity index (χ0n) is 16.8. The fraction of sp³-hybridized carbons (Fsp3) is 0.0833. The predicted octanol–water partition coefficient (Wildman–Crippen LogP) is 7.25. The van der Waals surface area contributed by atoms with E-state index in [1.807, 2.05) is 30.3 Å². The van der Waals surface area contributed by atoms with Crippen LogP contribution in [0.1, 0.15) is 16.7 Å². The summed E-state index contributed by atoms with van der Waals surface area (Å²) < 4.78 is 44.9. The average Bonchev–Trinajstić information content (AvgIpc) is 2.77. The predicted molar refractivity (Wildman–Crippen MR) is 124 cm³/mol. The summed E-state index contributed by atoms with van der Waals surface area (Å²) in [4.78, 5) is 12.5. The number of nitrogens with one attached hydrogen (secondary N) is 1. The van der Waals surface area contributed by atoms with E-state index in [1.165, 1.54) is 24.3 Å². The van der Waals surface area contributed by atoms with Gasteiger partial charge in [0.25, 0.3) is 5.91 Å². The number of nitrogens with zero attached hydrogens (tertiary/aromatic N) is 1. The highest BCUT2D eigenvalue weighted by Crippen LogP contribution is 2.36. The van der Waals surface area contributed by atoms with Crippen molar-refractivity contribution in [2.24, 2.45) is 0 Å². The van der Waals surface area contributed by atoms with Gasteiger partial charge in [-0.2, -0.15) is 18.4 Å². The molecule has 0 heterocycles. The summed E-state index contributed by atoms with van der Waals surface area (Å²) >= 11 is 9.69. The standard InChI is InChI=1S/C24H15BrClF3N2O2/c25-20-10-16(11-21(26)22(20)33-14-15-5-2-1-3-6-15)9-17(13-30)23(32)31-19-8-4-7-18(12-19)24(27,28)29/h1-12H,14H2,(H,31,32)/b17-9-. The minimum atomic E-state index is -4.55. The third-order valence-electron chi connectivity index (χ3n) is 4.37. The second-order valence-corrected chi connectivity index (χ2v) is 8.05. The van der Waals surface area contributed by atoms with E-state index >= 15 is 0 Å². The topological polar surface area (TPSA) is 62.1 Å². The molecule has 0 aromatic heterocycles. The second-order valence-electron chi connectivity index (χ2n) is 6.79. The van der Waals surface area contributed by atoms with Crippen molar-refractivity contribution in [3.8, 4) is 11.8 Å². The van der Waals surface area contributed by atoms with Crippen molar-refractivity contribution in [1.82, 2.24) is 0 Å². The van der Waals surface area contributed by atoms with Crippen molar-refractivity contribution in [3.63, 3.8) is 0 Å². The van der Waals surface area contributed by atoms with Crippen LogP contribution < -0.4 is 10.1 Å². The van der Waals surface area contributed by atoms with E-state index in [9.17, 15) is 23.2 Å². The molecule has 4 nitrogen and oxygen atoms in total. The lowest BCUT2D eigenvalue weighted by molar-refractivity contribution is -0.137. The summed E-state index contributed by atoms with van der Waals surface area (Å²) in [6.45, 7) is 0.289. The number of alkyl halides is 3. The van der Waals surface area contributed by atoms with Crippen LogP contribution in [0.5, 0.6) is 5.75 Å². The summed E-state index contributed by atoms with van der Waals surface area (Å²) in [6.07, 6.45) is -3.28. The molecule has 0 aliphatic heterocycles. The van der Waals surface area contributed by atoms with Crippen LogP contribution in [0.15, 0.2) is 76.8 Å². The van der Waals surface area contributed by atoms with Gasteiger partial charge in [0.05, 0.1) is 15.1 Å². The summed E-state index contributed by atoms with van der Waals surface area (Å²) in [5, 5.41) is 12.0. The van der Waals surface area contributed by atoms with E-state index in [0.717, 1.165) is 17.7 Å². The fourth-order valence-electron chi connectivity index (χ4n) is 2.82. The smallest absolute Gasteiger partial charge is 0.416 e. The highest BCUT2D eigenvalue weighted by atomic mass is 79.9. The first-order valence-electron chi connectivity index (χ1n) is 9.43. The maximum absolute atomic E-state index is 12.9. The molecule has 168 valence electrons. The van der Waals surface area contributed by atoms with Gasteiger partial charge in [0.1, 0.15) is 18.2 Å². The van der Waals surface area contributed by atoms with Crippen LogP contribution in [0, 0.1) is 11.3 Å². The number of carbonyl (C=O) groups excluding carboxylic acids is 1. The van der Waals surface area contributed by atoms with Gasteiger partial charge in [-0.15, -0.1) is 0 Å². The Morgan fingerprint density at radius 2 is 1.85 bits per heavy atom. The van der Waals surface area contributed by atoms with Crippen molar-refractivity contribution in [2.45, 2.75) is 12.8 Å². The molecule has 33 heavy (non-hydrogen) atoms. The molecule has 0 unspecified atom stereocenters. The van der Waals surface area contributed by atoms with Crippen LogP contribution in [-0.4, -0.2) is 5.91 Å². The highest BCUT2D eigenvalue weighted by Gasteiger charge is 2.30. The number of amides is 1. The quantitative estimate of drug-likeness (QED) is 0.267. The molecule has 3 rings (SSSR count). The summed E-state index contributed by atoms with van der Waals surface area (Å²) in [5.74, 6) is -0.460. The van der Waals surface area contributed by atoms with Crippen LogP contribution in [-0.2, 0) is 17.6 Å². The van der Waals surface area contributed by atoms with Gasteiger partial charge in [-0.25, -0.2) is 0 Å². The SMILES string of the molecule is N#C/C(=C/c1cc(Cl)c(OCc2ccccc2)c(Br)c1)C(=O)Nc1cccc(C(F)(F)F)c1. The van der Waals surface area contributed by atoms with Crippen molar-refractivity contribution in [3.05, 3.63) is 98.5 Å². The zero-order valence-corrected chi connectivity index (χ0v) is 19.1. The number of anilines is 1. The van der Waals surface area contributed by atoms with E-state index in [4.69, 9.17) is 16.3 Å². The molecule has 1 N–H and O–H groups in total. The van der Waals surface area contributed by atoms with Gasteiger partial charge in [-0.3, -0.25) is 4.79 Å². The molecule has 0 saturated heterocycles. The molecule has 1 amide bonds. The number of hydrogen-bond acceptors (Lipinski definition) is 3. The van der Waals surface area contributed by atoms with Gasteiger partial charge in [0.15, 0.2) is 5.75 Å². The molecule has 9 heteroatoms. The van der Waals surface area contributed by atoms with E-state index in [0.29, 0.717) is 15.8 Å². The number of rotatable bonds is 6. The van der Waals surface area contributed by atoms with Crippen LogP contribution in [0.25, 0.3) is 6.08 Å². The first kappa shape index (κ1) is 24.4. The molecule has 0 aliphatic carbocycles. The number of benzene rings is 3. The lowest BCUT2D eigenvalue weighted by Gasteiger charge is -2.12. The monoisotopic (exact) mass is 534 g/mol. The Bertz CT molecular complexity index is 1220. The molecular weight excluding hydrogens is 521 g/mol. The largest absolute Gasteiger partial charge is 0.486 e. The highest BCUT2D eigenvalue weighted by molar-refractivity contribution is 9.10. The summed E-state index contributed by atoms with van der Waals surface area (Å²) in [5.41, 5.74) is 0.0647. The van der Waals surface area contributed by atoms with Gasteiger partial charge >= 0.3 is 6.18 Å². The van der Waals surface area contributed by atoms with E-state index in [2.05, 4.69) is 21.2 Å². The van der Waals surface area contributed by atoms with Crippen molar-refractivity contribution >= 4 is 45.2 Å². The van der Waals surface area contributed by atoms with Gasteiger partial charge in [-0.1, -0.05) is 48.0 Å². The van der Waals surface area contributed by atoms with Crippen molar-refractivity contribution < 1.29 is 22.7 Å². The minimum absolute atomic E-state index is 0.0835. The molecule has 0 aliphatic rings. The Balaban J connectivity index is 1.78. The van der Waals surface area contributed by atoms with Crippen LogP contribution in [0.4, 0.5) is 18.9 Å². The number of halogens is 5. The number of ether oxygens (including phenoxy) is 1. The Labute approximate surface area is 201 Å². The van der Waals surface area contributed by atoms with E-state index < -0.39 is 17.6 Å². The van der Waals surface area contributed by atoms with Crippen LogP contribution in [0.2, 0.25) is 5.02 Å². The number of hydrogen-bond donors (Lipinski definition) is 1. The maximum Gasteiger partial charge on any atom is 0.416 e. The Morgan fingerprint density at radius 1 is 1.12 bits per heavy atom. The molecular formula is C24H15BrClF3N2O2. The number of nitriles is 1. The average molecular weight is 536 g/mol. The normalized spacial score (nSPS) is 11.6. The molecule has 0 saturated carbocycles. The Kier molecular flexibility index (Phi) is 7.79. The summed E-state index contributed by atoms with van der Waals surface area (Å²) in [6, 6.07) is 18.5. The van der Waals surface area contributed by atoms with Crippen molar-refractivity contribution in [1.29, 1.82) is 5.26 Å². The molecule has 0 atom stereocenters. The molecule has 3 aromatic rings. The van der Waals surface area contributed by atoms with Gasteiger partial charge < -0.3 is 10.1 Å². The Morgan fingerprint density at radius 3 is 2.48 bits per heavy atom. The molecule has 0 bridgehead atoms. The first-order valence-corrected chi connectivity index (χ1v) is 10.6. The first-order chi connectivity index (χ1) is 15.7. The van der Waals surface area contributed by atoms with Gasteiger partial charge in [0.2, 0.25) is 0 Å². The molecule has 0 spiro atoms. The lowest BCUT2D eigenvalue weighted by Crippen LogP contribution is -2.14. The van der Waals surface area contributed by atoms with E-state index in [1.54, 1.807) is 12.1 Å². The molecule has 3 aromatic carbocycles. The van der Waals surface area contributed by atoms with E-state index in [-0.39, 0.29) is 22.9 Å². The Hall–Kier alpha value is -3.28. The minimum Gasteiger partial charge on any atom is -0.486 e.